The van der Waals surface area contributed by atoms with Crippen LogP contribution in [-0.2, 0) is 13.6 Å². The van der Waals surface area contributed by atoms with Crippen LogP contribution >= 0.6 is 11.8 Å². The Hall–Kier alpha value is -0.480. The molecule has 2 atom stereocenters. The molecule has 0 aliphatic heterocycles. The van der Waals surface area contributed by atoms with Gasteiger partial charge in [-0.2, -0.15) is 16.9 Å². The highest BCUT2D eigenvalue weighted by Gasteiger charge is 2.26. The maximum Gasteiger partial charge on any atom is 0.0638 e. The smallest absolute Gasteiger partial charge is 0.0638 e. The molecule has 0 bridgehead atoms. The van der Waals surface area contributed by atoms with Crippen molar-refractivity contribution in [2.45, 2.75) is 50.9 Å². The average Bonchev–Trinajstić information content (AvgIpc) is 2.83. The van der Waals surface area contributed by atoms with Gasteiger partial charge in [-0.25, -0.2) is 0 Å². The van der Waals surface area contributed by atoms with Gasteiger partial charge in [0.15, 0.2) is 0 Å². The second-order valence-electron chi connectivity index (χ2n) is 4.83. The summed E-state index contributed by atoms with van der Waals surface area (Å²) in [7, 11) is 1.99. The minimum atomic E-state index is 0.694. The molecule has 1 aliphatic carbocycles. The SMILES string of the molecule is CCSC1CCCC1NCc1cn(C)nc1C. The van der Waals surface area contributed by atoms with Gasteiger partial charge in [0, 0.05) is 36.6 Å². The second-order valence-corrected chi connectivity index (χ2v) is 6.34. The molecule has 1 fully saturated rings. The first kappa shape index (κ1) is 13.0. The van der Waals surface area contributed by atoms with E-state index in [2.05, 4.69) is 42.2 Å². The Morgan fingerprint density at radius 3 is 3.00 bits per heavy atom. The maximum absolute atomic E-state index is 4.38. The zero-order valence-corrected chi connectivity index (χ0v) is 11.9. The zero-order chi connectivity index (χ0) is 12.3. The third-order valence-electron chi connectivity index (χ3n) is 3.50. The molecular formula is C13H23N3S. The third-order valence-corrected chi connectivity index (χ3v) is 4.83. The summed E-state index contributed by atoms with van der Waals surface area (Å²) < 4.78 is 1.90. The van der Waals surface area contributed by atoms with Crippen molar-refractivity contribution in [3.63, 3.8) is 0 Å². The molecule has 0 aromatic carbocycles. The highest BCUT2D eigenvalue weighted by Crippen LogP contribution is 2.30. The van der Waals surface area contributed by atoms with E-state index in [0.29, 0.717) is 6.04 Å². The number of rotatable bonds is 5. The monoisotopic (exact) mass is 253 g/mol. The van der Waals surface area contributed by atoms with Crippen LogP contribution in [0.25, 0.3) is 0 Å². The lowest BCUT2D eigenvalue weighted by Gasteiger charge is -2.19. The summed E-state index contributed by atoms with van der Waals surface area (Å²) in [4.78, 5) is 0. The molecule has 1 aromatic rings. The summed E-state index contributed by atoms with van der Waals surface area (Å²) in [6, 6.07) is 0.694. The Morgan fingerprint density at radius 2 is 2.35 bits per heavy atom. The van der Waals surface area contributed by atoms with Crippen LogP contribution in [0.15, 0.2) is 6.20 Å². The van der Waals surface area contributed by atoms with E-state index in [9.17, 15) is 0 Å². The number of aryl methyl sites for hydroxylation is 2. The Kier molecular flexibility index (Phi) is 4.51. The van der Waals surface area contributed by atoms with Crippen molar-refractivity contribution in [3.05, 3.63) is 17.5 Å². The van der Waals surface area contributed by atoms with Crippen molar-refractivity contribution in [2.75, 3.05) is 5.75 Å². The molecule has 2 rings (SSSR count). The van der Waals surface area contributed by atoms with Crippen molar-refractivity contribution in [1.82, 2.24) is 15.1 Å². The summed E-state index contributed by atoms with van der Waals surface area (Å²) in [5.41, 5.74) is 2.48. The summed E-state index contributed by atoms with van der Waals surface area (Å²) in [6.45, 7) is 5.31. The van der Waals surface area contributed by atoms with Gasteiger partial charge in [0.1, 0.15) is 0 Å². The van der Waals surface area contributed by atoms with Gasteiger partial charge in [-0.3, -0.25) is 4.68 Å². The summed E-state index contributed by atoms with van der Waals surface area (Å²) >= 11 is 2.11. The molecule has 4 heteroatoms. The fourth-order valence-electron chi connectivity index (χ4n) is 2.64. The van der Waals surface area contributed by atoms with Gasteiger partial charge in [-0.15, -0.1) is 0 Å². The lowest BCUT2D eigenvalue weighted by atomic mass is 10.2. The van der Waals surface area contributed by atoms with Crippen LogP contribution in [0.5, 0.6) is 0 Å². The number of nitrogens with zero attached hydrogens (tertiary/aromatic N) is 2. The molecule has 17 heavy (non-hydrogen) atoms. The third kappa shape index (κ3) is 3.26. The molecule has 0 amide bonds. The highest BCUT2D eigenvalue weighted by molar-refractivity contribution is 7.99. The zero-order valence-electron chi connectivity index (χ0n) is 11.1. The Bertz CT molecular complexity index is 362. The number of nitrogens with one attached hydrogen (secondary N) is 1. The fraction of sp³-hybridized carbons (Fsp3) is 0.769. The van der Waals surface area contributed by atoms with Gasteiger partial charge in [-0.05, 0) is 25.5 Å². The van der Waals surface area contributed by atoms with E-state index in [1.165, 1.54) is 30.6 Å². The van der Waals surface area contributed by atoms with Crippen molar-refractivity contribution < 1.29 is 0 Å². The topological polar surface area (TPSA) is 29.9 Å². The van der Waals surface area contributed by atoms with Gasteiger partial charge in [0.25, 0.3) is 0 Å². The maximum atomic E-state index is 4.38. The molecule has 0 radical (unpaired) electrons. The summed E-state index contributed by atoms with van der Waals surface area (Å²) in [6.07, 6.45) is 6.21. The standard InChI is InChI=1S/C13H23N3S/c1-4-17-13-7-5-6-12(13)14-8-11-9-16(3)15-10(11)2/h9,12-14H,4-8H2,1-3H3. The predicted octanol–water partition coefficient (Wildman–Crippen LogP) is 2.49. The van der Waals surface area contributed by atoms with Crippen molar-refractivity contribution in [1.29, 1.82) is 0 Å². The lowest BCUT2D eigenvalue weighted by Crippen LogP contribution is -2.33. The molecule has 0 saturated heterocycles. The number of hydrogen-bond acceptors (Lipinski definition) is 3. The minimum absolute atomic E-state index is 0.694. The van der Waals surface area contributed by atoms with Crippen LogP contribution in [0.2, 0.25) is 0 Å². The number of thioether (sulfide) groups is 1. The largest absolute Gasteiger partial charge is 0.309 e. The summed E-state index contributed by atoms with van der Waals surface area (Å²) in [5.74, 6) is 1.23. The molecule has 1 saturated carbocycles. The van der Waals surface area contributed by atoms with Crippen molar-refractivity contribution in [2.24, 2.45) is 7.05 Å². The molecule has 96 valence electrons. The van der Waals surface area contributed by atoms with E-state index in [0.717, 1.165) is 17.5 Å². The number of hydrogen-bond donors (Lipinski definition) is 1. The van der Waals surface area contributed by atoms with Gasteiger partial charge in [0.2, 0.25) is 0 Å². The van der Waals surface area contributed by atoms with Crippen LogP contribution in [0.1, 0.15) is 37.4 Å². The summed E-state index contributed by atoms with van der Waals surface area (Å²) in [5, 5.41) is 8.91. The van der Waals surface area contributed by atoms with Crippen LogP contribution < -0.4 is 5.32 Å². The molecule has 0 spiro atoms. The predicted molar refractivity (Wildman–Crippen MR) is 74.3 cm³/mol. The van der Waals surface area contributed by atoms with Crippen LogP contribution in [0, 0.1) is 6.92 Å². The molecular weight excluding hydrogens is 230 g/mol. The fourth-order valence-corrected chi connectivity index (χ4v) is 3.86. The normalized spacial score (nSPS) is 24.4. The quantitative estimate of drug-likeness (QED) is 0.874. The van der Waals surface area contributed by atoms with Gasteiger partial charge < -0.3 is 5.32 Å². The van der Waals surface area contributed by atoms with E-state index < -0.39 is 0 Å². The molecule has 1 aliphatic rings. The van der Waals surface area contributed by atoms with E-state index in [1.807, 2.05) is 11.7 Å². The van der Waals surface area contributed by atoms with Crippen LogP contribution in [-0.4, -0.2) is 26.8 Å². The van der Waals surface area contributed by atoms with E-state index in [-0.39, 0.29) is 0 Å². The Balaban J connectivity index is 1.87. The Labute approximate surface area is 108 Å². The first-order valence-electron chi connectivity index (χ1n) is 6.54. The van der Waals surface area contributed by atoms with Crippen LogP contribution in [0.3, 0.4) is 0 Å². The minimum Gasteiger partial charge on any atom is -0.309 e. The van der Waals surface area contributed by atoms with Crippen molar-refractivity contribution in [3.8, 4) is 0 Å². The van der Waals surface area contributed by atoms with Gasteiger partial charge in [0.05, 0.1) is 5.69 Å². The molecule has 2 unspecified atom stereocenters. The Morgan fingerprint density at radius 1 is 1.53 bits per heavy atom. The first-order valence-corrected chi connectivity index (χ1v) is 7.59. The first-order chi connectivity index (χ1) is 8.20. The lowest BCUT2D eigenvalue weighted by molar-refractivity contribution is 0.531. The van der Waals surface area contributed by atoms with E-state index >= 15 is 0 Å². The molecule has 1 N–H and O–H groups in total. The van der Waals surface area contributed by atoms with Gasteiger partial charge >= 0.3 is 0 Å². The molecule has 1 heterocycles. The van der Waals surface area contributed by atoms with E-state index in [1.54, 1.807) is 0 Å². The molecule has 3 nitrogen and oxygen atoms in total. The highest BCUT2D eigenvalue weighted by atomic mass is 32.2. The van der Waals surface area contributed by atoms with Crippen molar-refractivity contribution >= 4 is 11.8 Å². The van der Waals surface area contributed by atoms with Crippen LogP contribution in [0.4, 0.5) is 0 Å². The average molecular weight is 253 g/mol. The molecule has 1 aromatic heterocycles. The number of aromatic nitrogens is 2. The van der Waals surface area contributed by atoms with E-state index in [4.69, 9.17) is 0 Å². The second kappa shape index (κ2) is 5.91. The van der Waals surface area contributed by atoms with Gasteiger partial charge in [-0.1, -0.05) is 13.3 Å².